The van der Waals surface area contributed by atoms with Crippen LogP contribution in [0.4, 0.5) is 0 Å². The van der Waals surface area contributed by atoms with Gasteiger partial charge in [0.2, 0.25) is 5.91 Å². The fourth-order valence-electron chi connectivity index (χ4n) is 2.52. The summed E-state index contributed by atoms with van der Waals surface area (Å²) in [6.45, 7) is 4.20. The topological polar surface area (TPSA) is 58.6 Å². The average Bonchev–Trinajstić information content (AvgIpc) is 2.62. The Bertz CT molecular complexity index is 650. The number of carbonyl (C=O) groups is 1. The minimum Gasteiger partial charge on any atom is -0.497 e. The van der Waals surface area contributed by atoms with Crippen molar-refractivity contribution in [2.24, 2.45) is 0 Å². The number of benzene rings is 2. The first-order chi connectivity index (χ1) is 11.4. The molecule has 4 heteroatoms. The van der Waals surface area contributed by atoms with Gasteiger partial charge >= 0.3 is 0 Å². The summed E-state index contributed by atoms with van der Waals surface area (Å²) in [5.41, 5.74) is 1.13. The van der Waals surface area contributed by atoms with Crippen LogP contribution < -0.4 is 10.1 Å². The van der Waals surface area contributed by atoms with Crippen LogP contribution in [-0.4, -0.2) is 24.7 Å². The van der Waals surface area contributed by atoms with Crippen molar-refractivity contribution >= 4 is 5.91 Å². The van der Waals surface area contributed by atoms with Gasteiger partial charge in [0.25, 0.3) is 0 Å². The Hall–Kier alpha value is -2.33. The highest BCUT2D eigenvalue weighted by Crippen LogP contribution is 2.25. The molecule has 128 valence electrons. The van der Waals surface area contributed by atoms with Crippen LogP contribution in [0, 0.1) is 0 Å². The first kappa shape index (κ1) is 18.0. The molecule has 0 aliphatic rings. The summed E-state index contributed by atoms with van der Waals surface area (Å²) in [4.78, 5) is 12.5. The molecule has 0 spiro atoms. The Labute approximate surface area is 143 Å². The highest BCUT2D eigenvalue weighted by Gasteiger charge is 2.29. The zero-order valence-corrected chi connectivity index (χ0v) is 14.5. The second kappa shape index (κ2) is 7.97. The van der Waals surface area contributed by atoms with Crippen molar-refractivity contribution < 1.29 is 14.6 Å². The zero-order chi connectivity index (χ0) is 17.6. The molecule has 0 saturated heterocycles. The molecule has 0 radical (unpaired) electrons. The molecule has 2 aromatic rings. The standard InChI is InChI=1S/C20H25NO3/c1-20(2,16-9-11-17(24-3)12-10-16)19(23)21-14-13-18(22)15-7-5-4-6-8-15/h4-12,18,22H,13-14H2,1-3H3,(H,21,23). The summed E-state index contributed by atoms with van der Waals surface area (Å²) in [5, 5.41) is 13.1. The van der Waals surface area contributed by atoms with E-state index in [9.17, 15) is 9.90 Å². The molecule has 0 aromatic heterocycles. The molecule has 24 heavy (non-hydrogen) atoms. The maximum atomic E-state index is 12.5. The summed E-state index contributed by atoms with van der Waals surface area (Å²) in [6.07, 6.45) is -0.0929. The molecule has 1 atom stereocenters. The van der Waals surface area contributed by atoms with Gasteiger partial charge in [-0.3, -0.25) is 4.79 Å². The number of carbonyl (C=O) groups excluding carboxylic acids is 1. The number of rotatable bonds is 7. The van der Waals surface area contributed by atoms with Gasteiger partial charge in [0, 0.05) is 6.54 Å². The third kappa shape index (κ3) is 4.36. The molecule has 4 nitrogen and oxygen atoms in total. The molecule has 0 aliphatic carbocycles. The van der Waals surface area contributed by atoms with Gasteiger partial charge in [-0.15, -0.1) is 0 Å². The van der Waals surface area contributed by atoms with Gasteiger partial charge in [0.15, 0.2) is 0 Å². The predicted octanol–water partition coefficient (Wildman–Crippen LogP) is 3.21. The number of nitrogens with one attached hydrogen (secondary N) is 1. The Balaban J connectivity index is 1.90. The molecule has 2 rings (SSSR count). The van der Waals surface area contributed by atoms with Crippen LogP contribution in [-0.2, 0) is 10.2 Å². The van der Waals surface area contributed by atoms with Crippen LogP contribution in [0.5, 0.6) is 5.75 Å². The van der Waals surface area contributed by atoms with E-state index in [1.165, 1.54) is 0 Å². The largest absolute Gasteiger partial charge is 0.497 e. The summed E-state index contributed by atoms with van der Waals surface area (Å²) < 4.78 is 5.15. The van der Waals surface area contributed by atoms with Gasteiger partial charge in [-0.05, 0) is 43.5 Å². The van der Waals surface area contributed by atoms with Gasteiger partial charge in [-0.2, -0.15) is 0 Å². The van der Waals surface area contributed by atoms with Gasteiger partial charge < -0.3 is 15.2 Å². The molecule has 0 bridgehead atoms. The molecule has 2 aromatic carbocycles. The Morgan fingerprint density at radius 3 is 2.33 bits per heavy atom. The number of hydrogen-bond acceptors (Lipinski definition) is 3. The number of hydrogen-bond donors (Lipinski definition) is 2. The number of amides is 1. The molecule has 1 amide bonds. The lowest BCUT2D eigenvalue weighted by Crippen LogP contribution is -2.40. The van der Waals surface area contributed by atoms with Crippen molar-refractivity contribution in [3.8, 4) is 5.75 Å². The van der Waals surface area contributed by atoms with Crippen molar-refractivity contribution in [3.63, 3.8) is 0 Å². The van der Waals surface area contributed by atoms with Crippen molar-refractivity contribution in [1.29, 1.82) is 0 Å². The Morgan fingerprint density at radius 1 is 1.12 bits per heavy atom. The van der Waals surface area contributed by atoms with E-state index in [1.807, 2.05) is 68.4 Å². The number of methoxy groups -OCH3 is 1. The quantitative estimate of drug-likeness (QED) is 0.821. The minimum atomic E-state index is -0.649. The smallest absolute Gasteiger partial charge is 0.230 e. The maximum Gasteiger partial charge on any atom is 0.230 e. The normalized spacial score (nSPS) is 12.5. The lowest BCUT2D eigenvalue weighted by atomic mass is 9.83. The first-order valence-corrected chi connectivity index (χ1v) is 8.11. The fraction of sp³-hybridized carbons (Fsp3) is 0.350. The Kier molecular flexibility index (Phi) is 5.99. The number of aliphatic hydroxyl groups excluding tert-OH is 1. The minimum absolute atomic E-state index is 0.0621. The Morgan fingerprint density at radius 2 is 1.75 bits per heavy atom. The van der Waals surface area contributed by atoms with E-state index in [0.717, 1.165) is 16.9 Å². The molecular formula is C20H25NO3. The van der Waals surface area contributed by atoms with E-state index in [2.05, 4.69) is 5.32 Å². The van der Waals surface area contributed by atoms with Crippen LogP contribution in [0.3, 0.4) is 0 Å². The van der Waals surface area contributed by atoms with Crippen molar-refractivity contribution in [3.05, 3.63) is 65.7 Å². The first-order valence-electron chi connectivity index (χ1n) is 8.11. The molecule has 2 N–H and O–H groups in total. The maximum absolute atomic E-state index is 12.5. The van der Waals surface area contributed by atoms with Crippen LogP contribution in [0.2, 0.25) is 0 Å². The lowest BCUT2D eigenvalue weighted by Gasteiger charge is -2.24. The summed E-state index contributed by atoms with van der Waals surface area (Å²) in [5.74, 6) is 0.703. The van der Waals surface area contributed by atoms with Gasteiger partial charge in [-0.1, -0.05) is 42.5 Å². The summed E-state index contributed by atoms with van der Waals surface area (Å²) in [6, 6.07) is 17.0. The van der Waals surface area contributed by atoms with E-state index in [-0.39, 0.29) is 5.91 Å². The van der Waals surface area contributed by atoms with Gasteiger partial charge in [-0.25, -0.2) is 0 Å². The van der Waals surface area contributed by atoms with E-state index >= 15 is 0 Å². The highest BCUT2D eigenvalue weighted by atomic mass is 16.5. The second-order valence-electron chi connectivity index (χ2n) is 6.32. The average molecular weight is 327 g/mol. The van der Waals surface area contributed by atoms with Crippen LogP contribution >= 0.6 is 0 Å². The molecule has 0 aliphatic heterocycles. The molecule has 0 heterocycles. The molecular weight excluding hydrogens is 302 g/mol. The van der Waals surface area contributed by atoms with Gasteiger partial charge in [0.1, 0.15) is 5.75 Å². The van der Waals surface area contributed by atoms with Crippen molar-refractivity contribution in [2.75, 3.05) is 13.7 Å². The van der Waals surface area contributed by atoms with E-state index in [0.29, 0.717) is 13.0 Å². The van der Waals surface area contributed by atoms with Crippen LogP contribution in [0.15, 0.2) is 54.6 Å². The third-order valence-corrected chi connectivity index (χ3v) is 4.27. The van der Waals surface area contributed by atoms with Crippen molar-refractivity contribution in [1.82, 2.24) is 5.32 Å². The zero-order valence-electron chi connectivity index (χ0n) is 14.5. The number of ether oxygens (including phenoxy) is 1. The fourth-order valence-corrected chi connectivity index (χ4v) is 2.52. The van der Waals surface area contributed by atoms with E-state index in [4.69, 9.17) is 4.74 Å². The lowest BCUT2D eigenvalue weighted by molar-refractivity contribution is -0.125. The van der Waals surface area contributed by atoms with Crippen LogP contribution in [0.1, 0.15) is 37.5 Å². The molecule has 0 saturated carbocycles. The predicted molar refractivity (Wildman–Crippen MR) is 95.0 cm³/mol. The SMILES string of the molecule is COc1ccc(C(C)(C)C(=O)NCCC(O)c2ccccc2)cc1. The van der Waals surface area contributed by atoms with Gasteiger partial charge in [0.05, 0.1) is 18.6 Å². The van der Waals surface area contributed by atoms with Crippen LogP contribution in [0.25, 0.3) is 0 Å². The van der Waals surface area contributed by atoms with Crippen molar-refractivity contribution in [2.45, 2.75) is 31.8 Å². The monoisotopic (exact) mass is 327 g/mol. The van der Waals surface area contributed by atoms with E-state index < -0.39 is 11.5 Å². The third-order valence-electron chi connectivity index (χ3n) is 4.27. The molecule has 0 fully saturated rings. The summed E-state index contributed by atoms with van der Waals surface area (Å²) >= 11 is 0. The highest BCUT2D eigenvalue weighted by molar-refractivity contribution is 5.87. The van der Waals surface area contributed by atoms with E-state index in [1.54, 1.807) is 7.11 Å². The second-order valence-corrected chi connectivity index (χ2v) is 6.32. The number of aliphatic hydroxyl groups is 1. The molecule has 1 unspecified atom stereocenters. The summed E-state index contributed by atoms with van der Waals surface area (Å²) in [7, 11) is 1.62.